The highest BCUT2D eigenvalue weighted by molar-refractivity contribution is 6.64. The third kappa shape index (κ3) is 14.6. The van der Waals surface area contributed by atoms with Gasteiger partial charge >= 0.3 is 0 Å². The second-order valence-corrected chi connectivity index (χ2v) is 16.0. The molecular weight excluding hydrogens is 791 g/mol. The Hall–Kier alpha value is -5.35. The molecule has 0 unspecified atom stereocenters. The molecule has 0 aliphatic carbocycles. The number of Topliss-reactive ketones (excluding diaryl/α,β-unsaturated/α-hetero) is 1. The molecule has 57 heavy (non-hydrogen) atoms. The Kier molecular flexibility index (Phi) is 15.3. The standard InChI is InChI=1S/C23H21ClFNO2.C17H12ClFN2O.C5H9ClO/c1-23(2,3)22(27)14-18-12-16(24)13-21(26-18)15-4-8-19(9-5-15)28-20-10-6-17(25)7-11-20;18-12-9-16(21-17(20)10-12)11-1-5-14(6-2-11)22-15-7-3-13(19)4-8-15;1-5(2,3)4(6)7/h4-13H,14H2,1-3H3;1-10H,(H2,20,21);1-3H3. The number of aromatic nitrogens is 2. The van der Waals surface area contributed by atoms with Crippen molar-refractivity contribution in [2.45, 2.75) is 48.0 Å². The van der Waals surface area contributed by atoms with Crippen molar-refractivity contribution in [1.82, 2.24) is 9.97 Å². The minimum atomic E-state index is -0.427. The number of carbonyl (C=O) groups is 2. The molecule has 6 rings (SSSR count). The van der Waals surface area contributed by atoms with E-state index in [4.69, 9.17) is 50.0 Å². The van der Waals surface area contributed by atoms with Crippen molar-refractivity contribution in [3.8, 4) is 45.5 Å². The van der Waals surface area contributed by atoms with Crippen molar-refractivity contribution in [2.75, 3.05) is 5.73 Å². The van der Waals surface area contributed by atoms with E-state index in [-0.39, 0.29) is 34.5 Å². The van der Waals surface area contributed by atoms with Gasteiger partial charge in [0.25, 0.3) is 0 Å². The molecule has 0 bridgehead atoms. The third-order valence-corrected chi connectivity index (χ3v) is 8.82. The number of nitrogen functional groups attached to an aromatic ring is 1. The van der Waals surface area contributed by atoms with E-state index in [9.17, 15) is 18.4 Å². The molecule has 2 aromatic heterocycles. The summed E-state index contributed by atoms with van der Waals surface area (Å²) >= 11 is 17.3. The summed E-state index contributed by atoms with van der Waals surface area (Å²) in [5.74, 6) is 2.26. The van der Waals surface area contributed by atoms with E-state index in [0.29, 0.717) is 55.9 Å². The number of ketones is 1. The quantitative estimate of drug-likeness (QED) is 0.152. The average molecular weight is 833 g/mol. The van der Waals surface area contributed by atoms with E-state index >= 15 is 0 Å². The first-order chi connectivity index (χ1) is 26.7. The fourth-order valence-corrected chi connectivity index (χ4v) is 4.99. The molecule has 6 aromatic rings. The number of hydrogen-bond acceptors (Lipinski definition) is 7. The smallest absolute Gasteiger partial charge is 0.226 e. The summed E-state index contributed by atoms with van der Waals surface area (Å²) in [6, 6.07) is 33.2. The predicted molar refractivity (Wildman–Crippen MR) is 225 cm³/mol. The number of halogens is 5. The molecule has 4 aromatic carbocycles. The summed E-state index contributed by atoms with van der Waals surface area (Å²) in [6.07, 6.45) is 0.239. The SMILES string of the molecule is CC(C)(C)C(=O)Cc1cc(Cl)cc(-c2ccc(Oc3ccc(F)cc3)cc2)n1.CC(C)(C)C(=O)Cl.Nc1cc(Cl)cc(-c2ccc(Oc3ccc(F)cc3)cc2)n1. The Labute approximate surface area is 346 Å². The summed E-state index contributed by atoms with van der Waals surface area (Å²) in [5, 5.41) is 0.787. The van der Waals surface area contributed by atoms with Crippen molar-refractivity contribution in [2.24, 2.45) is 10.8 Å². The molecule has 2 N–H and O–H groups in total. The second-order valence-electron chi connectivity index (χ2n) is 14.8. The molecule has 0 aliphatic rings. The summed E-state index contributed by atoms with van der Waals surface area (Å²) in [4.78, 5) is 31.4. The molecule has 7 nitrogen and oxygen atoms in total. The first kappa shape index (κ1) is 44.4. The molecule has 12 heteroatoms. The number of anilines is 1. The van der Waals surface area contributed by atoms with Gasteiger partial charge in [0.05, 0.1) is 11.4 Å². The highest BCUT2D eigenvalue weighted by Crippen LogP contribution is 2.29. The average Bonchev–Trinajstić information content (AvgIpc) is 3.13. The maximum absolute atomic E-state index is 13.0. The van der Waals surface area contributed by atoms with Gasteiger partial charge in [0.2, 0.25) is 5.24 Å². The van der Waals surface area contributed by atoms with Crippen LogP contribution in [-0.2, 0) is 16.0 Å². The van der Waals surface area contributed by atoms with Crippen LogP contribution >= 0.6 is 34.8 Å². The van der Waals surface area contributed by atoms with Crippen LogP contribution in [0.2, 0.25) is 10.0 Å². The van der Waals surface area contributed by atoms with Gasteiger partial charge in [-0.15, -0.1) is 0 Å². The van der Waals surface area contributed by atoms with Gasteiger partial charge in [-0.05, 0) is 133 Å². The summed E-state index contributed by atoms with van der Waals surface area (Å²) in [7, 11) is 0. The summed E-state index contributed by atoms with van der Waals surface area (Å²) in [6.45, 7) is 11.0. The van der Waals surface area contributed by atoms with Gasteiger partial charge in [-0.1, -0.05) is 64.7 Å². The van der Waals surface area contributed by atoms with Gasteiger partial charge in [0.1, 0.15) is 46.2 Å². The van der Waals surface area contributed by atoms with Crippen molar-refractivity contribution in [1.29, 1.82) is 0 Å². The highest BCUT2D eigenvalue weighted by Gasteiger charge is 2.22. The maximum Gasteiger partial charge on any atom is 0.226 e. The zero-order valence-corrected chi connectivity index (χ0v) is 34.5. The first-order valence-corrected chi connectivity index (χ1v) is 18.8. The van der Waals surface area contributed by atoms with E-state index in [1.807, 2.05) is 45.0 Å². The van der Waals surface area contributed by atoms with E-state index in [1.54, 1.807) is 93.6 Å². The lowest BCUT2D eigenvalue weighted by Crippen LogP contribution is -2.22. The number of rotatable bonds is 8. The van der Waals surface area contributed by atoms with Crippen LogP contribution in [0.1, 0.15) is 47.2 Å². The lowest BCUT2D eigenvalue weighted by atomic mass is 9.88. The summed E-state index contributed by atoms with van der Waals surface area (Å²) < 4.78 is 37.2. The predicted octanol–water partition coefficient (Wildman–Crippen LogP) is 13.2. The molecule has 0 aliphatic heterocycles. The van der Waals surface area contributed by atoms with Gasteiger partial charge in [0, 0.05) is 44.1 Å². The zero-order chi connectivity index (χ0) is 41.9. The molecule has 0 fully saturated rings. The van der Waals surface area contributed by atoms with Crippen molar-refractivity contribution in [3.63, 3.8) is 0 Å². The van der Waals surface area contributed by atoms with E-state index in [1.165, 1.54) is 24.3 Å². The Morgan fingerprint density at radius 2 is 0.930 bits per heavy atom. The molecule has 0 saturated heterocycles. The Bertz CT molecular complexity index is 2250. The topological polar surface area (TPSA) is 104 Å². The van der Waals surface area contributed by atoms with Crippen LogP contribution in [0.25, 0.3) is 22.5 Å². The number of ether oxygens (including phenoxy) is 2. The molecule has 296 valence electrons. The molecule has 0 radical (unpaired) electrons. The van der Waals surface area contributed by atoms with E-state index in [0.717, 1.165) is 11.1 Å². The number of nitrogens with zero attached hydrogens (tertiary/aromatic N) is 2. The number of carbonyl (C=O) groups excluding carboxylic acids is 2. The summed E-state index contributed by atoms with van der Waals surface area (Å²) in [5.41, 5.74) is 8.66. The minimum absolute atomic E-state index is 0.108. The van der Waals surface area contributed by atoms with Gasteiger partial charge in [-0.25, -0.2) is 13.8 Å². The Balaban J connectivity index is 0.000000221. The number of hydrogen-bond donors (Lipinski definition) is 1. The minimum Gasteiger partial charge on any atom is -0.457 e. The zero-order valence-electron chi connectivity index (χ0n) is 32.2. The molecule has 0 saturated carbocycles. The monoisotopic (exact) mass is 831 g/mol. The van der Waals surface area contributed by atoms with Crippen LogP contribution in [0.4, 0.5) is 14.6 Å². The fourth-order valence-electron chi connectivity index (χ4n) is 4.55. The van der Waals surface area contributed by atoms with Crippen LogP contribution in [0.15, 0.2) is 121 Å². The fraction of sp³-hybridized carbons (Fsp3) is 0.200. The van der Waals surface area contributed by atoms with E-state index in [2.05, 4.69) is 9.97 Å². The van der Waals surface area contributed by atoms with Gasteiger partial charge in [0.15, 0.2) is 0 Å². The molecular formula is C45H42Cl3F2N3O4. The Morgan fingerprint density at radius 1 is 0.579 bits per heavy atom. The van der Waals surface area contributed by atoms with Gasteiger partial charge in [-0.2, -0.15) is 0 Å². The Morgan fingerprint density at radius 3 is 1.28 bits per heavy atom. The lowest BCUT2D eigenvalue weighted by Gasteiger charge is -2.16. The molecule has 0 atom stereocenters. The normalized spacial score (nSPS) is 11.0. The number of nitrogens with two attached hydrogens (primary N) is 1. The number of pyridine rings is 2. The maximum atomic E-state index is 13.0. The van der Waals surface area contributed by atoms with Crippen molar-refractivity contribution >= 4 is 51.6 Å². The van der Waals surface area contributed by atoms with Crippen molar-refractivity contribution in [3.05, 3.63) is 149 Å². The lowest BCUT2D eigenvalue weighted by molar-refractivity contribution is -0.125. The third-order valence-electron chi connectivity index (χ3n) is 7.82. The van der Waals surface area contributed by atoms with Crippen LogP contribution in [0, 0.1) is 22.5 Å². The largest absolute Gasteiger partial charge is 0.457 e. The second kappa shape index (κ2) is 19.7. The molecule has 2 heterocycles. The van der Waals surface area contributed by atoms with Crippen molar-refractivity contribution < 1.29 is 27.8 Å². The van der Waals surface area contributed by atoms with Gasteiger partial charge < -0.3 is 15.2 Å². The van der Waals surface area contributed by atoms with Crippen LogP contribution < -0.4 is 15.2 Å². The first-order valence-electron chi connectivity index (χ1n) is 17.7. The van der Waals surface area contributed by atoms with Crippen LogP contribution in [-0.4, -0.2) is 21.0 Å². The van der Waals surface area contributed by atoms with Gasteiger partial charge in [-0.3, -0.25) is 14.6 Å². The molecule has 0 spiro atoms. The van der Waals surface area contributed by atoms with Crippen LogP contribution in [0.3, 0.4) is 0 Å². The molecule has 0 amide bonds. The van der Waals surface area contributed by atoms with Crippen LogP contribution in [0.5, 0.6) is 23.0 Å². The number of benzene rings is 4. The highest BCUT2D eigenvalue weighted by atomic mass is 35.5. The van der Waals surface area contributed by atoms with E-state index < -0.39 is 5.41 Å².